The Hall–Kier alpha value is -1.51. The van der Waals surface area contributed by atoms with Gasteiger partial charge in [-0.25, -0.2) is 14.2 Å². The Morgan fingerprint density at radius 2 is 2.09 bits per heavy atom. The van der Waals surface area contributed by atoms with Crippen LogP contribution in [0.4, 0.5) is 15.0 Å². The van der Waals surface area contributed by atoms with E-state index in [0.29, 0.717) is 13.2 Å². The number of aliphatic hydroxyl groups is 1. The number of rotatable bonds is 6. The molecule has 0 radical (unpaired) electrons. The predicted octanol–water partition coefficient (Wildman–Crippen LogP) is 2.86. The van der Waals surface area contributed by atoms with E-state index in [0.717, 1.165) is 0 Å². The third kappa shape index (κ3) is 5.56. The van der Waals surface area contributed by atoms with E-state index in [1.165, 1.54) is 12.3 Å². The number of anilines is 1. The van der Waals surface area contributed by atoms with Crippen molar-refractivity contribution in [3.63, 3.8) is 0 Å². The summed E-state index contributed by atoms with van der Waals surface area (Å²) < 4.78 is 19.8. The summed E-state index contributed by atoms with van der Waals surface area (Å²) in [5, 5.41) is 14.0. The van der Waals surface area contributed by atoms with Crippen LogP contribution in [0.2, 0.25) is 18.1 Å². The summed E-state index contributed by atoms with van der Waals surface area (Å²) >= 11 is 0. The quantitative estimate of drug-likeness (QED) is 0.548. The first kappa shape index (κ1) is 19.5. The van der Waals surface area contributed by atoms with E-state index in [-0.39, 0.29) is 16.4 Å². The highest BCUT2D eigenvalue weighted by molar-refractivity contribution is 6.74. The van der Waals surface area contributed by atoms with Gasteiger partial charge in [-0.1, -0.05) is 20.8 Å². The van der Waals surface area contributed by atoms with Gasteiger partial charge >= 0.3 is 6.03 Å². The molecule has 0 fully saturated rings. The van der Waals surface area contributed by atoms with Crippen molar-refractivity contribution >= 4 is 20.2 Å². The minimum atomic E-state index is -1.84. The van der Waals surface area contributed by atoms with Gasteiger partial charge in [0.2, 0.25) is 0 Å². The average Bonchev–Trinajstić information content (AvgIpc) is 2.44. The zero-order chi connectivity index (χ0) is 17.7. The van der Waals surface area contributed by atoms with Gasteiger partial charge in [-0.3, -0.25) is 5.32 Å². The highest BCUT2D eigenvalue weighted by atomic mass is 28.4. The molecule has 1 heterocycles. The molecule has 0 saturated heterocycles. The minimum Gasteiger partial charge on any atom is -0.415 e. The Balaban J connectivity index is 2.44. The lowest BCUT2D eigenvalue weighted by Crippen LogP contribution is -2.43. The second-order valence-corrected chi connectivity index (χ2v) is 11.6. The highest BCUT2D eigenvalue weighted by Gasteiger charge is 2.36. The number of pyridine rings is 1. The van der Waals surface area contributed by atoms with Crippen LogP contribution in [0.3, 0.4) is 0 Å². The molecule has 0 aromatic carbocycles. The molecule has 0 atom stereocenters. The molecule has 0 aliphatic heterocycles. The number of hydrogen-bond acceptors (Lipinski definition) is 4. The predicted molar refractivity (Wildman–Crippen MR) is 90.3 cm³/mol. The summed E-state index contributed by atoms with van der Waals surface area (Å²) in [5.74, 6) is -0.943. The molecule has 0 aliphatic rings. The maximum atomic E-state index is 13.8. The lowest BCUT2D eigenvalue weighted by atomic mass is 10.2. The zero-order valence-electron chi connectivity index (χ0n) is 14.4. The third-order valence-electron chi connectivity index (χ3n) is 4.03. The van der Waals surface area contributed by atoms with Crippen LogP contribution in [0.5, 0.6) is 0 Å². The molecule has 3 N–H and O–H groups in total. The number of nitrogens with zero attached hydrogens (tertiary/aromatic N) is 1. The van der Waals surface area contributed by atoms with Crippen molar-refractivity contribution in [3.8, 4) is 0 Å². The minimum absolute atomic E-state index is 0.0801. The lowest BCUT2D eigenvalue weighted by molar-refractivity contribution is 0.244. The van der Waals surface area contributed by atoms with Gasteiger partial charge in [-0.05, 0) is 24.2 Å². The van der Waals surface area contributed by atoms with Crippen LogP contribution >= 0.6 is 0 Å². The van der Waals surface area contributed by atoms with E-state index in [4.69, 9.17) is 9.53 Å². The molecule has 1 rings (SSSR count). The number of amides is 2. The van der Waals surface area contributed by atoms with Crippen LogP contribution in [0.1, 0.15) is 26.3 Å². The smallest absolute Gasteiger partial charge is 0.320 e. The van der Waals surface area contributed by atoms with Crippen LogP contribution < -0.4 is 10.6 Å². The summed E-state index contributed by atoms with van der Waals surface area (Å²) in [4.78, 5) is 15.5. The average molecular weight is 343 g/mol. The monoisotopic (exact) mass is 343 g/mol. The van der Waals surface area contributed by atoms with Gasteiger partial charge in [0.15, 0.2) is 20.0 Å². The van der Waals surface area contributed by atoms with E-state index < -0.39 is 26.8 Å². The van der Waals surface area contributed by atoms with E-state index in [2.05, 4.69) is 49.5 Å². The van der Waals surface area contributed by atoms with Crippen LogP contribution in [0, 0.1) is 5.82 Å². The van der Waals surface area contributed by atoms with Gasteiger partial charge in [0, 0.05) is 18.3 Å². The van der Waals surface area contributed by atoms with E-state index in [9.17, 15) is 9.18 Å². The number of aliphatic hydroxyl groups excluding tert-OH is 1. The van der Waals surface area contributed by atoms with Gasteiger partial charge in [-0.15, -0.1) is 0 Å². The molecule has 0 saturated carbocycles. The van der Waals surface area contributed by atoms with Crippen molar-refractivity contribution in [2.24, 2.45) is 0 Å². The highest BCUT2D eigenvalue weighted by Crippen LogP contribution is 2.36. The topological polar surface area (TPSA) is 83.5 Å². The van der Waals surface area contributed by atoms with Crippen LogP contribution in [-0.4, -0.2) is 37.6 Å². The Kier molecular flexibility index (Phi) is 6.66. The zero-order valence-corrected chi connectivity index (χ0v) is 15.4. The maximum absolute atomic E-state index is 13.8. The first-order valence-electron chi connectivity index (χ1n) is 7.51. The molecule has 0 bridgehead atoms. The number of halogens is 1. The number of urea groups is 1. The largest absolute Gasteiger partial charge is 0.415 e. The van der Waals surface area contributed by atoms with E-state index in [1.807, 2.05) is 0 Å². The molecule has 6 nitrogen and oxygen atoms in total. The molecular formula is C15H26FN3O3Si. The number of carbonyl (C=O) groups excluding carboxylic acids is 1. The molecule has 130 valence electrons. The number of aromatic nitrogens is 1. The second-order valence-electron chi connectivity index (χ2n) is 6.78. The van der Waals surface area contributed by atoms with Crippen LogP contribution in [-0.2, 0) is 11.0 Å². The molecule has 2 amide bonds. The van der Waals surface area contributed by atoms with Crippen molar-refractivity contribution in [1.29, 1.82) is 0 Å². The maximum Gasteiger partial charge on any atom is 0.320 e. The third-order valence-corrected chi connectivity index (χ3v) is 8.57. The summed E-state index contributed by atoms with van der Waals surface area (Å²) in [6, 6.07) is 0.788. The SMILES string of the molecule is CC(C)(C)[Si](C)(C)OCCNC(=O)Nc1nccc(CO)c1F. The van der Waals surface area contributed by atoms with Crippen LogP contribution in [0.15, 0.2) is 12.3 Å². The Morgan fingerprint density at radius 1 is 1.43 bits per heavy atom. The van der Waals surface area contributed by atoms with Crippen molar-refractivity contribution < 1.29 is 18.7 Å². The molecule has 1 aromatic rings. The molecule has 0 spiro atoms. The standard InChI is InChI=1S/C15H26FN3O3Si/c1-15(2,3)23(4,5)22-9-8-18-14(21)19-13-12(16)11(10-20)6-7-17-13/h6-7,20H,8-10H2,1-5H3,(H2,17,18,19,21). The summed E-state index contributed by atoms with van der Waals surface area (Å²) in [7, 11) is -1.84. The van der Waals surface area contributed by atoms with Crippen molar-refractivity contribution in [2.75, 3.05) is 18.5 Å². The Morgan fingerprint density at radius 3 is 2.65 bits per heavy atom. The Bertz CT molecular complexity index is 547. The fourth-order valence-corrected chi connectivity index (χ4v) is 2.58. The van der Waals surface area contributed by atoms with Gasteiger partial charge in [0.1, 0.15) is 0 Å². The van der Waals surface area contributed by atoms with E-state index >= 15 is 0 Å². The molecule has 1 aromatic heterocycles. The molecule has 8 heteroatoms. The summed E-state index contributed by atoms with van der Waals surface area (Å²) in [5.41, 5.74) is 0.0801. The molecule has 23 heavy (non-hydrogen) atoms. The van der Waals surface area contributed by atoms with Crippen molar-refractivity contribution in [1.82, 2.24) is 10.3 Å². The van der Waals surface area contributed by atoms with Gasteiger partial charge in [0.05, 0.1) is 13.2 Å². The van der Waals surface area contributed by atoms with Gasteiger partial charge < -0.3 is 14.8 Å². The van der Waals surface area contributed by atoms with Gasteiger partial charge in [-0.2, -0.15) is 0 Å². The van der Waals surface area contributed by atoms with Gasteiger partial charge in [0.25, 0.3) is 0 Å². The normalized spacial score (nSPS) is 12.1. The fourth-order valence-electron chi connectivity index (χ4n) is 1.53. The van der Waals surface area contributed by atoms with Crippen molar-refractivity contribution in [2.45, 2.75) is 45.5 Å². The Labute approximate surface area is 137 Å². The molecule has 0 aliphatic carbocycles. The lowest BCUT2D eigenvalue weighted by Gasteiger charge is -2.36. The number of nitrogens with one attached hydrogen (secondary N) is 2. The number of carbonyl (C=O) groups is 1. The van der Waals surface area contributed by atoms with Crippen molar-refractivity contribution in [3.05, 3.63) is 23.6 Å². The number of hydrogen-bond donors (Lipinski definition) is 3. The molecular weight excluding hydrogens is 317 g/mol. The molecule has 0 unspecified atom stereocenters. The summed E-state index contributed by atoms with van der Waals surface area (Å²) in [6.07, 6.45) is 1.32. The first-order chi connectivity index (χ1) is 10.6. The second kappa shape index (κ2) is 7.85. The summed E-state index contributed by atoms with van der Waals surface area (Å²) in [6.45, 7) is 11.0. The first-order valence-corrected chi connectivity index (χ1v) is 10.4. The fraction of sp³-hybridized carbons (Fsp3) is 0.600. The van der Waals surface area contributed by atoms with Crippen LogP contribution in [0.25, 0.3) is 0 Å². The van der Waals surface area contributed by atoms with E-state index in [1.54, 1.807) is 0 Å².